The van der Waals surface area contributed by atoms with Crippen molar-refractivity contribution >= 4 is 63.2 Å². The van der Waals surface area contributed by atoms with Crippen molar-refractivity contribution in [2.45, 2.75) is 5.75 Å². The summed E-state index contributed by atoms with van der Waals surface area (Å²) >= 11 is 4.20. The number of carbonyl (C=O) groups excluding carboxylic acids is 1. The molecule has 1 aromatic heterocycles. The Morgan fingerprint density at radius 1 is 1.20 bits per heavy atom. The van der Waals surface area contributed by atoms with Gasteiger partial charge in [-0.1, -0.05) is 48.2 Å². The predicted octanol–water partition coefficient (Wildman–Crippen LogP) is 4.26. The summed E-state index contributed by atoms with van der Waals surface area (Å²) < 4.78 is 4.39. The SMILES string of the molecule is N=C1C(=Cc2cccs2)C(=O)N=C2SN=C(SCc3ccccc3)N12. The van der Waals surface area contributed by atoms with E-state index in [0.717, 1.165) is 22.6 Å². The molecule has 8 heteroatoms. The van der Waals surface area contributed by atoms with Crippen LogP contribution in [0.5, 0.6) is 0 Å². The monoisotopic (exact) mass is 384 g/mol. The molecule has 4 rings (SSSR count). The second kappa shape index (κ2) is 6.99. The van der Waals surface area contributed by atoms with Gasteiger partial charge in [0.2, 0.25) is 5.17 Å². The Morgan fingerprint density at radius 3 is 2.80 bits per heavy atom. The van der Waals surface area contributed by atoms with Crippen LogP contribution in [-0.4, -0.2) is 27.0 Å². The third kappa shape index (κ3) is 3.33. The van der Waals surface area contributed by atoms with Gasteiger partial charge < -0.3 is 0 Å². The fourth-order valence-electron chi connectivity index (χ4n) is 2.33. The number of aliphatic imine (C=N–C) groups is 1. The summed E-state index contributed by atoms with van der Waals surface area (Å²) in [5.41, 5.74) is 1.47. The van der Waals surface area contributed by atoms with Crippen molar-refractivity contribution in [3.63, 3.8) is 0 Å². The number of amides is 1. The van der Waals surface area contributed by atoms with Crippen molar-refractivity contribution in [1.82, 2.24) is 4.90 Å². The quantitative estimate of drug-likeness (QED) is 0.634. The van der Waals surface area contributed by atoms with Crippen LogP contribution in [0.3, 0.4) is 0 Å². The fourth-order valence-corrected chi connectivity index (χ4v) is 4.79. The molecule has 0 unspecified atom stereocenters. The van der Waals surface area contributed by atoms with E-state index >= 15 is 0 Å². The number of thiophene rings is 1. The fraction of sp³-hybridized carbons (Fsp3) is 0.0588. The Kier molecular flexibility index (Phi) is 4.56. The summed E-state index contributed by atoms with van der Waals surface area (Å²) in [4.78, 5) is 18.9. The molecular weight excluding hydrogens is 372 g/mol. The first kappa shape index (κ1) is 16.3. The van der Waals surface area contributed by atoms with E-state index in [2.05, 4.69) is 21.5 Å². The van der Waals surface area contributed by atoms with Crippen LogP contribution in [-0.2, 0) is 10.5 Å². The first-order valence-corrected chi connectivity index (χ1v) is 10.1. The second-order valence-corrected chi connectivity index (χ2v) is 7.85. The number of carbonyl (C=O) groups is 1. The van der Waals surface area contributed by atoms with E-state index in [4.69, 9.17) is 5.41 Å². The lowest BCUT2D eigenvalue weighted by molar-refractivity contribution is -0.114. The van der Waals surface area contributed by atoms with Crippen LogP contribution >= 0.6 is 35.0 Å². The Hall–Kier alpha value is -2.16. The van der Waals surface area contributed by atoms with Crippen LogP contribution in [0.1, 0.15) is 10.4 Å². The topological polar surface area (TPSA) is 68.9 Å². The van der Waals surface area contributed by atoms with Gasteiger partial charge in [0.25, 0.3) is 5.91 Å². The number of benzene rings is 1. The van der Waals surface area contributed by atoms with Gasteiger partial charge in [-0.3, -0.25) is 10.2 Å². The van der Waals surface area contributed by atoms with Gasteiger partial charge in [0, 0.05) is 10.6 Å². The number of hydrogen-bond acceptors (Lipinski definition) is 6. The predicted molar refractivity (Wildman–Crippen MR) is 107 cm³/mol. The molecule has 2 aliphatic heterocycles. The Labute approximate surface area is 157 Å². The summed E-state index contributed by atoms with van der Waals surface area (Å²) in [6.07, 6.45) is 1.72. The molecule has 124 valence electrons. The summed E-state index contributed by atoms with van der Waals surface area (Å²) in [5.74, 6) is 0.490. The Bertz CT molecular complexity index is 917. The highest BCUT2D eigenvalue weighted by Crippen LogP contribution is 2.33. The van der Waals surface area contributed by atoms with Gasteiger partial charge in [-0.15, -0.1) is 11.3 Å². The smallest absolute Gasteiger partial charge is 0.283 e. The Morgan fingerprint density at radius 2 is 2.04 bits per heavy atom. The lowest BCUT2D eigenvalue weighted by Crippen LogP contribution is -2.41. The molecule has 1 aromatic carbocycles. The van der Waals surface area contributed by atoms with Gasteiger partial charge in [-0.25, -0.2) is 4.90 Å². The standard InChI is InChI=1S/C17H12N4OS3/c18-14-13(9-12-7-4-8-23-12)15(22)19-16-21(14)17(20-25-16)24-10-11-5-2-1-3-6-11/h1-9,18H,10H2. The van der Waals surface area contributed by atoms with Crippen LogP contribution < -0.4 is 0 Å². The maximum Gasteiger partial charge on any atom is 0.283 e. The zero-order valence-electron chi connectivity index (χ0n) is 12.9. The Balaban J connectivity index is 1.57. The number of nitrogens with zero attached hydrogens (tertiary/aromatic N) is 3. The van der Waals surface area contributed by atoms with Crippen LogP contribution in [0, 0.1) is 5.41 Å². The molecule has 0 bridgehead atoms. The number of fused-ring (bicyclic) bond motifs is 1. The van der Waals surface area contributed by atoms with Gasteiger partial charge in [-0.05, 0) is 23.1 Å². The van der Waals surface area contributed by atoms with Gasteiger partial charge in [-0.2, -0.15) is 9.39 Å². The molecule has 0 aliphatic carbocycles. The molecule has 1 amide bonds. The molecule has 2 aliphatic rings. The normalized spacial score (nSPS) is 18.4. The molecule has 3 heterocycles. The minimum Gasteiger partial charge on any atom is -0.283 e. The molecular formula is C17H12N4OS3. The zero-order chi connectivity index (χ0) is 17.2. The lowest BCUT2D eigenvalue weighted by Gasteiger charge is -2.24. The molecule has 0 spiro atoms. The molecule has 25 heavy (non-hydrogen) atoms. The van der Waals surface area contributed by atoms with E-state index in [1.807, 2.05) is 35.7 Å². The minimum atomic E-state index is -0.387. The molecule has 0 saturated heterocycles. The third-order valence-electron chi connectivity index (χ3n) is 3.53. The zero-order valence-corrected chi connectivity index (χ0v) is 15.3. The number of amidine groups is 3. The molecule has 0 saturated carbocycles. The minimum absolute atomic E-state index is 0.132. The van der Waals surface area contributed by atoms with Gasteiger partial charge >= 0.3 is 0 Å². The van der Waals surface area contributed by atoms with Crippen molar-refractivity contribution < 1.29 is 4.79 Å². The molecule has 1 N–H and O–H groups in total. The van der Waals surface area contributed by atoms with Crippen molar-refractivity contribution in [1.29, 1.82) is 5.41 Å². The highest BCUT2D eigenvalue weighted by atomic mass is 32.2. The van der Waals surface area contributed by atoms with E-state index in [-0.39, 0.29) is 11.7 Å². The van der Waals surface area contributed by atoms with Crippen LogP contribution in [0.4, 0.5) is 0 Å². The highest BCUT2D eigenvalue weighted by molar-refractivity contribution is 8.18. The van der Waals surface area contributed by atoms with E-state index in [9.17, 15) is 4.79 Å². The number of rotatable bonds is 3. The molecule has 0 radical (unpaired) electrons. The van der Waals surface area contributed by atoms with Gasteiger partial charge in [0.15, 0.2) is 5.17 Å². The molecule has 0 atom stereocenters. The van der Waals surface area contributed by atoms with E-state index in [0.29, 0.717) is 15.9 Å². The summed E-state index contributed by atoms with van der Waals surface area (Å²) in [5, 5.41) is 11.5. The van der Waals surface area contributed by atoms with Gasteiger partial charge in [0.05, 0.1) is 17.5 Å². The third-order valence-corrected chi connectivity index (χ3v) is 6.18. The summed E-state index contributed by atoms with van der Waals surface area (Å²) in [6, 6.07) is 13.9. The molecule has 5 nitrogen and oxygen atoms in total. The van der Waals surface area contributed by atoms with Crippen molar-refractivity contribution in [3.8, 4) is 0 Å². The second-order valence-electron chi connectivity index (χ2n) is 5.20. The van der Waals surface area contributed by atoms with E-state index in [1.165, 1.54) is 28.7 Å². The number of hydrogen-bond donors (Lipinski definition) is 1. The first-order valence-electron chi connectivity index (χ1n) is 7.41. The summed E-state index contributed by atoms with van der Waals surface area (Å²) in [6.45, 7) is 0. The van der Waals surface area contributed by atoms with E-state index in [1.54, 1.807) is 11.0 Å². The largest absolute Gasteiger partial charge is 0.283 e. The average Bonchev–Trinajstić information content (AvgIpc) is 3.27. The first-order chi connectivity index (χ1) is 12.2. The maximum absolute atomic E-state index is 12.3. The van der Waals surface area contributed by atoms with Crippen LogP contribution in [0.2, 0.25) is 0 Å². The lowest BCUT2D eigenvalue weighted by atomic mass is 10.1. The molecule has 2 aromatic rings. The average molecular weight is 385 g/mol. The maximum atomic E-state index is 12.3. The van der Waals surface area contributed by atoms with Crippen molar-refractivity contribution in [2.75, 3.05) is 0 Å². The number of nitrogens with one attached hydrogen (secondary N) is 1. The van der Waals surface area contributed by atoms with Crippen LogP contribution in [0.15, 0.2) is 62.8 Å². The molecule has 0 fully saturated rings. The highest BCUT2D eigenvalue weighted by Gasteiger charge is 2.37. The summed E-state index contributed by atoms with van der Waals surface area (Å²) in [7, 11) is 0. The van der Waals surface area contributed by atoms with Crippen LogP contribution in [0.25, 0.3) is 6.08 Å². The number of thioether (sulfide) groups is 1. The van der Waals surface area contributed by atoms with Crippen molar-refractivity contribution in [2.24, 2.45) is 9.39 Å². The van der Waals surface area contributed by atoms with Crippen molar-refractivity contribution in [3.05, 3.63) is 63.9 Å². The van der Waals surface area contributed by atoms with Gasteiger partial charge in [0.1, 0.15) is 5.84 Å². The van der Waals surface area contributed by atoms with E-state index < -0.39 is 0 Å².